The summed E-state index contributed by atoms with van der Waals surface area (Å²) < 4.78 is 38.8. The predicted molar refractivity (Wildman–Crippen MR) is 161 cm³/mol. The molecule has 4 aliphatic rings. The molecule has 4 rings (SSSR count). The van der Waals surface area contributed by atoms with Crippen LogP contribution in [0.25, 0.3) is 0 Å². The molecule has 4 saturated heterocycles. The van der Waals surface area contributed by atoms with Crippen molar-refractivity contribution in [3.63, 3.8) is 0 Å². The number of amides is 1. The molecule has 21 atom stereocenters. The average Bonchev–Trinajstić information content (AvgIpc) is 3.11. The third-order valence-electron chi connectivity index (χ3n) is 9.54. The summed E-state index contributed by atoms with van der Waals surface area (Å²) >= 11 is 0. The molecule has 53 heavy (non-hydrogen) atoms. The van der Waals surface area contributed by atoms with Gasteiger partial charge in [0.25, 0.3) is 5.79 Å². The Hall–Kier alpha value is -1.86. The number of aliphatic carboxylic acids is 1. The molecule has 0 spiro atoms. The van der Waals surface area contributed by atoms with Crippen LogP contribution in [0.4, 0.5) is 0 Å². The smallest absolute Gasteiger partial charge is 0.364 e. The number of hydrogen-bond acceptors (Lipinski definition) is 22. The number of carbonyl (C=O) groups is 2. The van der Waals surface area contributed by atoms with Crippen molar-refractivity contribution in [2.45, 2.75) is 149 Å². The van der Waals surface area contributed by atoms with Gasteiger partial charge in [-0.05, 0) is 6.92 Å². The van der Waals surface area contributed by atoms with Crippen LogP contribution in [0.5, 0.6) is 0 Å². The number of ether oxygens (including phenoxy) is 7. The fourth-order valence-electron chi connectivity index (χ4n) is 6.58. The molecule has 308 valence electrons. The van der Waals surface area contributed by atoms with Crippen molar-refractivity contribution in [1.82, 2.24) is 5.32 Å². The number of aliphatic hydroxyl groups excluding tert-OH is 13. The highest BCUT2D eigenvalue weighted by Crippen LogP contribution is 2.39. The second-order valence-corrected chi connectivity index (χ2v) is 13.3. The van der Waals surface area contributed by atoms with E-state index in [1.807, 2.05) is 0 Å². The van der Waals surface area contributed by atoms with E-state index in [2.05, 4.69) is 5.32 Å². The third kappa shape index (κ3) is 9.08. The number of nitrogens with one attached hydrogen (secondary N) is 1. The molecule has 0 unspecified atom stereocenters. The lowest BCUT2D eigenvalue weighted by Gasteiger charge is -2.51. The van der Waals surface area contributed by atoms with Crippen LogP contribution < -0.4 is 5.32 Å². The first kappa shape index (κ1) is 43.9. The number of aliphatic hydroxyl groups is 13. The average molecular weight is 780 g/mol. The van der Waals surface area contributed by atoms with E-state index in [9.17, 15) is 81.1 Å². The summed E-state index contributed by atoms with van der Waals surface area (Å²) in [6, 6.07) is -1.59. The number of carboxylic acid groups (broad SMARTS) is 1. The summed E-state index contributed by atoms with van der Waals surface area (Å²) in [6.45, 7) is -0.758. The summed E-state index contributed by atoms with van der Waals surface area (Å²) in [4.78, 5) is 24.6. The van der Waals surface area contributed by atoms with Gasteiger partial charge in [-0.25, -0.2) is 4.79 Å². The van der Waals surface area contributed by atoms with Gasteiger partial charge in [-0.2, -0.15) is 0 Å². The van der Waals surface area contributed by atoms with E-state index in [1.165, 1.54) is 6.92 Å². The van der Waals surface area contributed by atoms with Crippen molar-refractivity contribution in [2.75, 3.05) is 19.8 Å². The van der Waals surface area contributed by atoms with Gasteiger partial charge in [-0.15, -0.1) is 0 Å². The Kier molecular flexibility index (Phi) is 14.9. The maximum atomic E-state index is 12.8. The minimum absolute atomic E-state index is 0.779. The Morgan fingerprint density at radius 2 is 1.38 bits per heavy atom. The van der Waals surface area contributed by atoms with Crippen LogP contribution >= 0.6 is 0 Å². The third-order valence-corrected chi connectivity index (χ3v) is 9.54. The fraction of sp³-hybridized carbons (Fsp3) is 0.931. The van der Waals surface area contributed by atoms with Gasteiger partial charge < -0.3 is 110 Å². The van der Waals surface area contributed by atoms with E-state index in [1.54, 1.807) is 0 Å². The normalized spacial score (nSPS) is 47.8. The molecule has 4 fully saturated rings. The maximum absolute atomic E-state index is 12.8. The Labute approximate surface area is 300 Å². The monoisotopic (exact) mass is 779 g/mol. The van der Waals surface area contributed by atoms with E-state index in [-0.39, 0.29) is 0 Å². The van der Waals surface area contributed by atoms with Crippen LogP contribution in [0.2, 0.25) is 0 Å². The second kappa shape index (κ2) is 17.9. The summed E-state index contributed by atoms with van der Waals surface area (Å²) in [5, 5.41) is 148. The topological polar surface area (TPSA) is 394 Å². The van der Waals surface area contributed by atoms with Crippen LogP contribution in [-0.2, 0) is 42.7 Å². The Balaban J connectivity index is 1.66. The van der Waals surface area contributed by atoms with Crippen molar-refractivity contribution >= 4 is 11.9 Å². The van der Waals surface area contributed by atoms with Crippen molar-refractivity contribution < 1.29 is 114 Å². The van der Waals surface area contributed by atoms with Crippen molar-refractivity contribution in [1.29, 1.82) is 0 Å². The summed E-state index contributed by atoms with van der Waals surface area (Å²) in [7, 11) is 0. The van der Waals surface area contributed by atoms with Gasteiger partial charge in [0, 0.05) is 13.3 Å². The fourth-order valence-corrected chi connectivity index (χ4v) is 6.58. The van der Waals surface area contributed by atoms with Gasteiger partial charge in [0.05, 0.1) is 38.1 Å². The Morgan fingerprint density at radius 3 is 1.94 bits per heavy atom. The SMILES string of the molecule is CC(=O)N[C@H]1[C@H]([C@@H](O)[C@@H](O)CO)O[C@](O[C@H]2[C@@H](O)[C@@H](CO)O[C@@H](O[C@H]3[C@H](O[C@H]4O[C@H](C)[C@H](O)[C@H](O)[C@H]4O)[C@@H](O)[C@@H](O)O[C@@H]3CO)[C@@H]2O)(C(=O)O)C[C@@H]1O. The molecule has 1 amide bonds. The van der Waals surface area contributed by atoms with Gasteiger partial charge >= 0.3 is 5.97 Å². The zero-order valence-electron chi connectivity index (χ0n) is 28.3. The van der Waals surface area contributed by atoms with E-state index in [0.717, 1.165) is 6.92 Å². The maximum Gasteiger partial charge on any atom is 0.364 e. The highest BCUT2D eigenvalue weighted by Gasteiger charge is 2.60. The van der Waals surface area contributed by atoms with Crippen LogP contribution in [0, 0.1) is 0 Å². The molecule has 0 aliphatic carbocycles. The molecule has 24 nitrogen and oxygen atoms in total. The molecule has 0 aromatic carbocycles. The molecule has 4 heterocycles. The quantitative estimate of drug-likeness (QED) is 0.0825. The number of carbonyl (C=O) groups excluding carboxylic acids is 1. The minimum atomic E-state index is -3.10. The lowest BCUT2D eigenvalue weighted by Crippen LogP contribution is -2.71. The first-order valence-corrected chi connectivity index (χ1v) is 16.6. The van der Waals surface area contributed by atoms with Crippen molar-refractivity contribution in [3.8, 4) is 0 Å². The molecule has 24 heteroatoms. The number of carboxylic acids is 1. The van der Waals surface area contributed by atoms with Crippen LogP contribution in [-0.4, -0.2) is 232 Å². The van der Waals surface area contributed by atoms with E-state index in [4.69, 9.17) is 33.2 Å². The van der Waals surface area contributed by atoms with Crippen molar-refractivity contribution in [3.05, 3.63) is 0 Å². The molecular weight excluding hydrogens is 730 g/mol. The lowest BCUT2D eigenvalue weighted by molar-refractivity contribution is -0.396. The summed E-state index contributed by atoms with van der Waals surface area (Å²) in [6.07, 6.45) is -37.3. The van der Waals surface area contributed by atoms with Gasteiger partial charge in [0.2, 0.25) is 5.91 Å². The molecule has 0 radical (unpaired) electrons. The number of hydrogen-bond donors (Lipinski definition) is 15. The van der Waals surface area contributed by atoms with Gasteiger partial charge in [-0.3, -0.25) is 4.79 Å². The van der Waals surface area contributed by atoms with Gasteiger partial charge in [0.15, 0.2) is 18.9 Å². The predicted octanol–water partition coefficient (Wildman–Crippen LogP) is -9.37. The highest BCUT2D eigenvalue weighted by molar-refractivity contribution is 5.76. The van der Waals surface area contributed by atoms with Crippen LogP contribution in [0.3, 0.4) is 0 Å². The van der Waals surface area contributed by atoms with E-state index >= 15 is 0 Å². The standard InChI is InChI=1S/C29H49NO23/c1-7-14(37)17(40)18(41)26(47-7)51-24-19(42)25(44)48-12(6-33)21(24)50-27-20(43)23(16(39)11(5-32)49-27)53-29(28(45)46)3-9(35)13(30-8(2)34)22(52-29)15(38)10(36)4-31/h7,9-27,31-33,35-44H,3-6H2,1-2H3,(H,30,34)(H,45,46)/t7-,9+,10+,11-,12-,13-,14+,15+,16+,17+,18-,19-,20-,21-,22-,23+,24-,25+,26-,27+,29-/m1/s1. The summed E-state index contributed by atoms with van der Waals surface area (Å²) in [5.41, 5.74) is 0. The van der Waals surface area contributed by atoms with Crippen LogP contribution in [0.15, 0.2) is 0 Å². The first-order valence-electron chi connectivity index (χ1n) is 16.6. The highest BCUT2D eigenvalue weighted by atomic mass is 16.8. The summed E-state index contributed by atoms with van der Waals surface area (Å²) in [5.74, 6) is -5.90. The second-order valence-electron chi connectivity index (χ2n) is 13.3. The minimum Gasteiger partial charge on any atom is -0.477 e. The van der Waals surface area contributed by atoms with Gasteiger partial charge in [-0.1, -0.05) is 0 Å². The molecular formula is C29H49NO23. The first-order chi connectivity index (χ1) is 24.8. The molecule has 0 aromatic rings. The van der Waals surface area contributed by atoms with Gasteiger partial charge in [0.1, 0.15) is 85.5 Å². The Bertz CT molecular complexity index is 1220. The largest absolute Gasteiger partial charge is 0.477 e. The van der Waals surface area contributed by atoms with E-state index in [0.29, 0.717) is 0 Å². The molecule has 0 bridgehead atoms. The van der Waals surface area contributed by atoms with E-state index < -0.39 is 166 Å². The zero-order valence-corrected chi connectivity index (χ0v) is 28.3. The lowest BCUT2D eigenvalue weighted by atomic mass is 9.88. The molecule has 0 aromatic heterocycles. The van der Waals surface area contributed by atoms with Crippen LogP contribution in [0.1, 0.15) is 20.3 Å². The molecule has 4 aliphatic heterocycles. The van der Waals surface area contributed by atoms with Crippen molar-refractivity contribution in [2.24, 2.45) is 0 Å². The molecule has 0 saturated carbocycles. The molecule has 15 N–H and O–H groups in total. The Morgan fingerprint density at radius 1 is 0.774 bits per heavy atom. The zero-order chi connectivity index (χ0) is 39.7. The number of rotatable bonds is 13.